The highest BCUT2D eigenvalue weighted by Crippen LogP contribution is 2.30. The van der Waals surface area contributed by atoms with Crippen LogP contribution in [0.3, 0.4) is 0 Å². The average molecular weight is 325 g/mol. The first-order valence-corrected chi connectivity index (χ1v) is 8.91. The molecule has 3 nitrogen and oxygen atoms in total. The molecule has 0 saturated heterocycles. The van der Waals surface area contributed by atoms with E-state index in [2.05, 4.69) is 30.6 Å². The number of benzene rings is 1. The van der Waals surface area contributed by atoms with Gasteiger partial charge in [-0.3, -0.25) is 0 Å². The second kappa shape index (κ2) is 7.80. The first-order valence-electron chi connectivity index (χ1n) is 8.91. The Kier molecular flexibility index (Phi) is 5.52. The average Bonchev–Trinajstić information content (AvgIpc) is 2.95. The first-order chi connectivity index (χ1) is 11.7. The molecule has 3 heteroatoms. The molecular weight excluding hydrogens is 298 g/mol. The van der Waals surface area contributed by atoms with E-state index in [-0.39, 0.29) is 0 Å². The summed E-state index contributed by atoms with van der Waals surface area (Å²) < 4.78 is 12.0. The Morgan fingerprint density at radius 2 is 2.21 bits per heavy atom. The second-order valence-electron chi connectivity index (χ2n) is 6.88. The Morgan fingerprint density at radius 1 is 1.33 bits per heavy atom. The zero-order valence-corrected chi connectivity index (χ0v) is 14.8. The Bertz CT molecular complexity index is 689. The molecule has 1 aliphatic rings. The lowest BCUT2D eigenvalue weighted by Crippen LogP contribution is -2.22. The lowest BCUT2D eigenvalue weighted by Gasteiger charge is -2.28. The third-order valence-corrected chi connectivity index (χ3v) is 4.85. The molecule has 0 spiro atoms. The SMILES string of the molecule is C=CC[C@H]1CCC[C@@H](OCc2nc(-c3cccc(C)c3)oc2C)C1. The van der Waals surface area contributed by atoms with E-state index < -0.39 is 0 Å². The summed E-state index contributed by atoms with van der Waals surface area (Å²) in [7, 11) is 0. The number of aromatic nitrogens is 1. The van der Waals surface area contributed by atoms with Gasteiger partial charge in [-0.25, -0.2) is 4.98 Å². The Labute approximate surface area is 144 Å². The second-order valence-corrected chi connectivity index (χ2v) is 6.88. The molecule has 2 atom stereocenters. The Balaban J connectivity index is 1.62. The standard InChI is InChI=1S/C21H27NO2/c1-4-7-17-9-6-11-19(13-17)23-14-20-16(3)24-21(22-20)18-10-5-8-15(2)12-18/h4-5,8,10,12,17,19H,1,6-7,9,11,13-14H2,2-3H3/t17-,19+/m0/s1. The van der Waals surface area contributed by atoms with Crippen molar-refractivity contribution in [2.24, 2.45) is 5.92 Å². The molecule has 1 aliphatic carbocycles. The zero-order chi connectivity index (χ0) is 16.9. The van der Waals surface area contributed by atoms with Gasteiger partial charge in [-0.1, -0.05) is 30.2 Å². The number of hydrogen-bond donors (Lipinski definition) is 0. The van der Waals surface area contributed by atoms with Crippen molar-refractivity contribution in [1.29, 1.82) is 0 Å². The zero-order valence-electron chi connectivity index (χ0n) is 14.8. The summed E-state index contributed by atoms with van der Waals surface area (Å²) in [5, 5.41) is 0. The monoisotopic (exact) mass is 325 g/mol. The summed E-state index contributed by atoms with van der Waals surface area (Å²) >= 11 is 0. The summed E-state index contributed by atoms with van der Waals surface area (Å²) in [5.41, 5.74) is 3.14. The van der Waals surface area contributed by atoms with Crippen LogP contribution in [0.2, 0.25) is 0 Å². The van der Waals surface area contributed by atoms with Gasteiger partial charge in [0, 0.05) is 5.56 Å². The number of aryl methyl sites for hydroxylation is 2. The van der Waals surface area contributed by atoms with E-state index in [9.17, 15) is 0 Å². The first kappa shape index (κ1) is 17.0. The van der Waals surface area contributed by atoms with Crippen LogP contribution in [0.4, 0.5) is 0 Å². The third-order valence-electron chi connectivity index (χ3n) is 4.85. The lowest BCUT2D eigenvalue weighted by atomic mass is 9.85. The van der Waals surface area contributed by atoms with Crippen LogP contribution in [0.5, 0.6) is 0 Å². The molecule has 128 valence electrons. The van der Waals surface area contributed by atoms with Crippen LogP contribution in [-0.4, -0.2) is 11.1 Å². The molecule has 1 aromatic carbocycles. The van der Waals surface area contributed by atoms with Gasteiger partial charge in [0.1, 0.15) is 11.5 Å². The highest BCUT2D eigenvalue weighted by Gasteiger charge is 2.22. The van der Waals surface area contributed by atoms with Crippen LogP contribution in [0.25, 0.3) is 11.5 Å². The molecule has 0 N–H and O–H groups in total. The van der Waals surface area contributed by atoms with Gasteiger partial charge in [0.25, 0.3) is 0 Å². The maximum absolute atomic E-state index is 6.14. The van der Waals surface area contributed by atoms with Crippen molar-refractivity contribution in [2.75, 3.05) is 0 Å². The molecule has 1 fully saturated rings. The molecule has 1 saturated carbocycles. The number of allylic oxidation sites excluding steroid dienone is 1. The van der Waals surface area contributed by atoms with Crippen molar-refractivity contribution in [3.8, 4) is 11.5 Å². The number of nitrogens with zero attached hydrogens (tertiary/aromatic N) is 1. The topological polar surface area (TPSA) is 35.3 Å². The van der Waals surface area contributed by atoms with Crippen LogP contribution in [0.15, 0.2) is 41.3 Å². The lowest BCUT2D eigenvalue weighted by molar-refractivity contribution is 0.000944. The molecule has 1 aromatic heterocycles. The molecule has 1 heterocycles. The Hall–Kier alpha value is -1.87. The number of hydrogen-bond acceptors (Lipinski definition) is 3. The van der Waals surface area contributed by atoms with Crippen molar-refractivity contribution in [3.63, 3.8) is 0 Å². The largest absolute Gasteiger partial charge is 0.441 e. The Morgan fingerprint density at radius 3 is 3.00 bits per heavy atom. The minimum absolute atomic E-state index is 0.335. The molecule has 24 heavy (non-hydrogen) atoms. The molecule has 0 amide bonds. The summed E-state index contributed by atoms with van der Waals surface area (Å²) in [6.07, 6.45) is 8.29. The predicted octanol–water partition coefficient (Wildman–Crippen LogP) is 5.61. The van der Waals surface area contributed by atoms with Gasteiger partial charge in [-0.2, -0.15) is 0 Å². The minimum atomic E-state index is 0.335. The summed E-state index contributed by atoms with van der Waals surface area (Å²) in [4.78, 5) is 4.65. The quantitative estimate of drug-likeness (QED) is 0.647. The smallest absolute Gasteiger partial charge is 0.226 e. The van der Waals surface area contributed by atoms with Crippen molar-refractivity contribution < 1.29 is 9.15 Å². The molecule has 0 bridgehead atoms. The maximum atomic E-state index is 6.14. The molecule has 2 aromatic rings. The van der Waals surface area contributed by atoms with E-state index in [1.807, 2.05) is 25.1 Å². The van der Waals surface area contributed by atoms with E-state index in [4.69, 9.17) is 9.15 Å². The van der Waals surface area contributed by atoms with Gasteiger partial charge in [-0.05, 0) is 57.6 Å². The molecule has 0 aliphatic heterocycles. The van der Waals surface area contributed by atoms with E-state index in [1.165, 1.54) is 18.4 Å². The normalized spacial score (nSPS) is 20.9. The van der Waals surface area contributed by atoms with Gasteiger partial charge in [0.15, 0.2) is 0 Å². The summed E-state index contributed by atoms with van der Waals surface area (Å²) in [5.74, 6) is 2.26. The number of rotatable bonds is 6. The highest BCUT2D eigenvalue weighted by molar-refractivity contribution is 5.54. The van der Waals surface area contributed by atoms with Gasteiger partial charge in [0.2, 0.25) is 5.89 Å². The van der Waals surface area contributed by atoms with Gasteiger partial charge in [-0.15, -0.1) is 6.58 Å². The fourth-order valence-electron chi connectivity index (χ4n) is 3.50. The fourth-order valence-corrected chi connectivity index (χ4v) is 3.50. The van der Waals surface area contributed by atoms with Crippen LogP contribution in [-0.2, 0) is 11.3 Å². The van der Waals surface area contributed by atoms with Crippen LogP contribution >= 0.6 is 0 Å². The van der Waals surface area contributed by atoms with Crippen LogP contribution in [0.1, 0.15) is 49.1 Å². The van der Waals surface area contributed by atoms with Crippen molar-refractivity contribution in [2.45, 2.75) is 58.7 Å². The van der Waals surface area contributed by atoms with Crippen LogP contribution in [0, 0.1) is 19.8 Å². The predicted molar refractivity (Wildman–Crippen MR) is 96.8 cm³/mol. The summed E-state index contributed by atoms with van der Waals surface area (Å²) in [6, 6.07) is 8.23. The van der Waals surface area contributed by atoms with Gasteiger partial charge >= 0.3 is 0 Å². The van der Waals surface area contributed by atoms with Gasteiger partial charge in [0.05, 0.1) is 12.7 Å². The van der Waals surface area contributed by atoms with Crippen molar-refractivity contribution >= 4 is 0 Å². The van der Waals surface area contributed by atoms with Crippen molar-refractivity contribution in [1.82, 2.24) is 4.98 Å². The van der Waals surface area contributed by atoms with Gasteiger partial charge < -0.3 is 9.15 Å². The molecule has 3 rings (SSSR count). The van der Waals surface area contributed by atoms with Crippen molar-refractivity contribution in [3.05, 3.63) is 53.9 Å². The molecule has 0 radical (unpaired) electrons. The molecular formula is C21H27NO2. The van der Waals surface area contributed by atoms with E-state index >= 15 is 0 Å². The van der Waals surface area contributed by atoms with E-state index in [1.54, 1.807) is 0 Å². The number of ether oxygens (including phenoxy) is 1. The molecule has 0 unspecified atom stereocenters. The number of oxazole rings is 1. The highest BCUT2D eigenvalue weighted by atomic mass is 16.5. The van der Waals surface area contributed by atoms with Crippen LogP contribution < -0.4 is 0 Å². The third kappa shape index (κ3) is 4.15. The fraction of sp³-hybridized carbons (Fsp3) is 0.476. The van der Waals surface area contributed by atoms with E-state index in [0.717, 1.165) is 42.2 Å². The maximum Gasteiger partial charge on any atom is 0.226 e. The minimum Gasteiger partial charge on any atom is -0.441 e. The van der Waals surface area contributed by atoms with E-state index in [0.29, 0.717) is 18.6 Å². The summed E-state index contributed by atoms with van der Waals surface area (Å²) in [6.45, 7) is 8.43.